The molecule has 0 radical (unpaired) electrons. The Morgan fingerprint density at radius 1 is 1.50 bits per heavy atom. The first-order chi connectivity index (χ1) is 9.44. The van der Waals surface area contributed by atoms with Crippen molar-refractivity contribution in [2.45, 2.75) is 13.0 Å². The standard InChI is InChI=1S/C11H15N3O4S2/c1-18-8-3-4-9-10(7-8)19-11(13-12)14(9)5-2-6-20(15,16)17/h3-4,7H,2,5-6,12H2,1H3,(H,15,16,17)/b13-11-. The van der Waals surface area contributed by atoms with Gasteiger partial charge in [-0.15, -0.1) is 0 Å². The normalized spacial score (nSPS) is 13.0. The number of thiazole rings is 1. The van der Waals surface area contributed by atoms with Crippen LogP contribution < -0.4 is 15.4 Å². The summed E-state index contributed by atoms with van der Waals surface area (Å²) in [5.41, 5.74) is 0.898. The quantitative estimate of drug-likeness (QED) is 0.481. The van der Waals surface area contributed by atoms with E-state index in [1.807, 2.05) is 22.8 Å². The number of hydrogen-bond acceptors (Lipinski definition) is 6. The maximum Gasteiger partial charge on any atom is 0.264 e. The van der Waals surface area contributed by atoms with Crippen molar-refractivity contribution in [2.24, 2.45) is 10.9 Å². The molecular formula is C11H15N3O4S2. The first-order valence-corrected chi connectivity index (χ1v) is 8.23. The van der Waals surface area contributed by atoms with Gasteiger partial charge in [0, 0.05) is 6.54 Å². The highest BCUT2D eigenvalue weighted by Crippen LogP contribution is 2.23. The second kappa shape index (κ2) is 5.81. The fraction of sp³-hybridized carbons (Fsp3) is 0.364. The molecule has 7 nitrogen and oxygen atoms in total. The van der Waals surface area contributed by atoms with Gasteiger partial charge in [-0.3, -0.25) is 4.55 Å². The van der Waals surface area contributed by atoms with Crippen LogP contribution in [-0.2, 0) is 16.7 Å². The van der Waals surface area contributed by atoms with Crippen molar-refractivity contribution in [3.8, 4) is 5.75 Å². The molecule has 2 aromatic rings. The van der Waals surface area contributed by atoms with E-state index in [0.29, 0.717) is 11.3 Å². The van der Waals surface area contributed by atoms with Crippen molar-refractivity contribution in [1.82, 2.24) is 4.57 Å². The zero-order chi connectivity index (χ0) is 14.8. The van der Waals surface area contributed by atoms with Crippen LogP contribution in [0.3, 0.4) is 0 Å². The number of nitrogens with zero attached hydrogens (tertiary/aromatic N) is 2. The Morgan fingerprint density at radius 3 is 2.85 bits per heavy atom. The second-order valence-corrected chi connectivity index (χ2v) is 6.72. The van der Waals surface area contributed by atoms with E-state index in [0.717, 1.165) is 16.0 Å². The Morgan fingerprint density at radius 2 is 2.25 bits per heavy atom. The highest BCUT2D eigenvalue weighted by molar-refractivity contribution is 7.85. The molecule has 1 aromatic carbocycles. The Hall–Kier alpha value is -1.58. The molecule has 0 aliphatic carbocycles. The molecule has 0 unspecified atom stereocenters. The monoisotopic (exact) mass is 317 g/mol. The Labute approximate surface area is 120 Å². The van der Waals surface area contributed by atoms with Crippen LogP contribution in [0.4, 0.5) is 0 Å². The van der Waals surface area contributed by atoms with Gasteiger partial charge >= 0.3 is 0 Å². The molecule has 2 rings (SSSR count). The van der Waals surface area contributed by atoms with Crippen LogP contribution in [0.15, 0.2) is 23.3 Å². The maximum absolute atomic E-state index is 10.7. The minimum atomic E-state index is -3.95. The minimum absolute atomic E-state index is 0.282. The number of methoxy groups -OCH3 is 1. The molecule has 0 aliphatic heterocycles. The van der Waals surface area contributed by atoms with Gasteiger partial charge < -0.3 is 15.1 Å². The number of fused-ring (bicyclic) bond motifs is 1. The van der Waals surface area contributed by atoms with Gasteiger partial charge in [-0.05, 0) is 24.6 Å². The lowest BCUT2D eigenvalue weighted by molar-refractivity contribution is 0.415. The number of aromatic nitrogens is 1. The first-order valence-electron chi connectivity index (χ1n) is 5.81. The van der Waals surface area contributed by atoms with Gasteiger partial charge in [-0.2, -0.15) is 13.5 Å². The van der Waals surface area contributed by atoms with Crippen LogP contribution in [-0.4, -0.2) is 30.4 Å². The SMILES string of the molecule is COc1ccc2c(c1)s/c(=N\N)n2CCCS(=O)(=O)O. The third-order valence-corrected chi connectivity index (χ3v) is 4.64. The molecule has 3 N–H and O–H groups in total. The minimum Gasteiger partial charge on any atom is -0.497 e. The predicted octanol–water partition coefficient (Wildman–Crippen LogP) is 0.764. The maximum atomic E-state index is 10.7. The molecular weight excluding hydrogens is 302 g/mol. The zero-order valence-electron chi connectivity index (χ0n) is 10.8. The molecule has 0 amide bonds. The zero-order valence-corrected chi connectivity index (χ0v) is 12.4. The average molecular weight is 317 g/mol. The number of ether oxygens (including phenoxy) is 1. The second-order valence-electron chi connectivity index (χ2n) is 4.14. The summed E-state index contributed by atoms with van der Waals surface area (Å²) in [7, 11) is -2.37. The molecule has 9 heteroatoms. The van der Waals surface area contributed by atoms with Crippen LogP contribution in [0.2, 0.25) is 0 Å². The van der Waals surface area contributed by atoms with E-state index in [9.17, 15) is 8.42 Å². The Kier molecular flexibility index (Phi) is 4.31. The summed E-state index contributed by atoms with van der Waals surface area (Å²) in [6.45, 7) is 0.405. The third kappa shape index (κ3) is 3.30. The van der Waals surface area contributed by atoms with Gasteiger partial charge in [0.15, 0.2) is 0 Å². The summed E-state index contributed by atoms with van der Waals surface area (Å²) < 4.78 is 38.2. The van der Waals surface area contributed by atoms with Gasteiger partial charge in [0.1, 0.15) is 5.75 Å². The van der Waals surface area contributed by atoms with Gasteiger partial charge in [-0.1, -0.05) is 11.3 Å². The molecule has 0 spiro atoms. The number of nitrogens with two attached hydrogens (primary N) is 1. The van der Waals surface area contributed by atoms with Crippen LogP contribution in [0.5, 0.6) is 5.75 Å². The number of benzene rings is 1. The van der Waals surface area contributed by atoms with E-state index in [2.05, 4.69) is 5.10 Å². The summed E-state index contributed by atoms with van der Waals surface area (Å²) in [4.78, 5) is 0.587. The topological polar surface area (TPSA) is 107 Å². The van der Waals surface area contributed by atoms with Crippen molar-refractivity contribution >= 4 is 31.7 Å². The van der Waals surface area contributed by atoms with Crippen molar-refractivity contribution < 1.29 is 17.7 Å². The molecule has 0 bridgehead atoms. The lowest BCUT2D eigenvalue weighted by Crippen LogP contribution is -2.18. The van der Waals surface area contributed by atoms with Crippen LogP contribution in [0.25, 0.3) is 10.2 Å². The van der Waals surface area contributed by atoms with E-state index in [1.54, 1.807) is 7.11 Å². The molecule has 0 aliphatic rings. The van der Waals surface area contributed by atoms with E-state index in [4.69, 9.17) is 15.1 Å². The van der Waals surface area contributed by atoms with Crippen LogP contribution >= 0.6 is 11.3 Å². The van der Waals surface area contributed by atoms with Crippen molar-refractivity contribution in [3.05, 3.63) is 23.0 Å². The fourth-order valence-corrected chi connectivity index (χ4v) is 3.40. The molecule has 20 heavy (non-hydrogen) atoms. The fourth-order valence-electron chi connectivity index (χ4n) is 1.90. The van der Waals surface area contributed by atoms with Gasteiger partial charge in [0.05, 0.1) is 23.1 Å². The summed E-state index contributed by atoms with van der Waals surface area (Å²) >= 11 is 1.39. The lowest BCUT2D eigenvalue weighted by atomic mass is 10.3. The van der Waals surface area contributed by atoms with Crippen LogP contribution in [0.1, 0.15) is 6.42 Å². The molecule has 0 fully saturated rings. The number of rotatable bonds is 5. The molecule has 1 heterocycles. The highest BCUT2D eigenvalue weighted by Gasteiger charge is 2.09. The largest absolute Gasteiger partial charge is 0.497 e. The van der Waals surface area contributed by atoms with Crippen molar-refractivity contribution in [2.75, 3.05) is 12.9 Å². The van der Waals surface area contributed by atoms with Crippen LogP contribution in [0, 0.1) is 0 Å². The highest BCUT2D eigenvalue weighted by atomic mass is 32.2. The molecule has 1 aromatic heterocycles. The lowest BCUT2D eigenvalue weighted by Gasteiger charge is -2.04. The van der Waals surface area contributed by atoms with Gasteiger partial charge in [0.2, 0.25) is 4.80 Å². The molecule has 0 saturated carbocycles. The Bertz CT molecular complexity index is 777. The summed E-state index contributed by atoms with van der Waals surface area (Å²) in [5, 5.41) is 3.71. The predicted molar refractivity (Wildman–Crippen MR) is 77.2 cm³/mol. The smallest absolute Gasteiger partial charge is 0.264 e. The molecule has 110 valence electrons. The molecule has 0 saturated heterocycles. The van der Waals surface area contributed by atoms with Crippen molar-refractivity contribution in [3.63, 3.8) is 0 Å². The van der Waals surface area contributed by atoms with Gasteiger partial charge in [0.25, 0.3) is 10.1 Å². The van der Waals surface area contributed by atoms with Crippen molar-refractivity contribution in [1.29, 1.82) is 0 Å². The third-order valence-electron chi connectivity index (χ3n) is 2.78. The van der Waals surface area contributed by atoms with E-state index < -0.39 is 10.1 Å². The van der Waals surface area contributed by atoms with E-state index in [1.165, 1.54) is 11.3 Å². The summed E-state index contributed by atoms with van der Waals surface area (Å²) in [6, 6.07) is 5.55. The molecule has 0 atom stereocenters. The Balaban J connectivity index is 2.36. The van der Waals surface area contributed by atoms with Gasteiger partial charge in [-0.25, -0.2) is 0 Å². The summed E-state index contributed by atoms with van der Waals surface area (Å²) in [6.07, 6.45) is 0.282. The number of aryl methyl sites for hydroxylation is 1. The van der Waals surface area contributed by atoms with E-state index >= 15 is 0 Å². The number of hydrogen-bond donors (Lipinski definition) is 2. The average Bonchev–Trinajstić information content (AvgIpc) is 2.74. The van der Waals surface area contributed by atoms with E-state index in [-0.39, 0.29) is 12.2 Å². The summed E-state index contributed by atoms with van der Waals surface area (Å²) in [5.74, 6) is 5.79. The first kappa shape index (κ1) is 14.8.